The zero-order chi connectivity index (χ0) is 8.27. The van der Waals surface area contributed by atoms with E-state index < -0.39 is 0 Å². The molecular weight excluding hydrogens is 158 g/mol. The van der Waals surface area contributed by atoms with Crippen LogP contribution in [0.4, 0.5) is 0 Å². The van der Waals surface area contributed by atoms with E-state index in [1.807, 2.05) is 0 Å². The highest BCUT2D eigenvalue weighted by molar-refractivity contribution is 8.01. The molecule has 2 nitrogen and oxygen atoms in total. The Morgan fingerprint density at radius 3 is 3.00 bits per heavy atom. The molecule has 1 aliphatic heterocycles. The van der Waals surface area contributed by atoms with Gasteiger partial charge in [0.2, 0.25) is 5.91 Å². The van der Waals surface area contributed by atoms with Gasteiger partial charge in [-0.2, -0.15) is 0 Å². The second-order valence-electron chi connectivity index (χ2n) is 3.12. The van der Waals surface area contributed by atoms with Crippen LogP contribution >= 0.6 is 11.8 Å². The maximum Gasteiger partial charge on any atom is 0.230 e. The summed E-state index contributed by atoms with van der Waals surface area (Å²) in [6, 6.07) is 0. The molecule has 1 aliphatic rings. The second-order valence-corrected chi connectivity index (χ2v) is 4.31. The van der Waals surface area contributed by atoms with Crippen LogP contribution in [0.2, 0.25) is 0 Å². The third kappa shape index (κ3) is 2.73. The average molecular weight is 173 g/mol. The Bertz CT molecular complexity index is 149. The van der Waals surface area contributed by atoms with Crippen molar-refractivity contribution >= 4 is 17.7 Å². The summed E-state index contributed by atoms with van der Waals surface area (Å²) < 4.78 is 0. The first-order valence-corrected chi connectivity index (χ1v) is 5.18. The molecule has 64 valence electrons. The molecular formula is C8H15NOS. The summed E-state index contributed by atoms with van der Waals surface area (Å²) in [6.45, 7) is 4.41. The Morgan fingerprint density at radius 1 is 1.82 bits per heavy atom. The van der Waals surface area contributed by atoms with Gasteiger partial charge in [-0.1, -0.05) is 20.3 Å². The van der Waals surface area contributed by atoms with Gasteiger partial charge >= 0.3 is 0 Å². The number of thioether (sulfide) groups is 1. The number of hydrogen-bond acceptors (Lipinski definition) is 2. The van der Waals surface area contributed by atoms with Crippen molar-refractivity contribution < 1.29 is 4.79 Å². The molecule has 1 unspecified atom stereocenters. The summed E-state index contributed by atoms with van der Waals surface area (Å²) >= 11 is 1.73. The lowest BCUT2D eigenvalue weighted by molar-refractivity contribution is -0.118. The van der Waals surface area contributed by atoms with E-state index in [1.165, 1.54) is 6.42 Å². The summed E-state index contributed by atoms with van der Waals surface area (Å²) in [5.41, 5.74) is 0. The monoisotopic (exact) mass is 173 g/mol. The first-order chi connectivity index (χ1) is 5.22. The normalized spacial score (nSPS) is 26.7. The van der Waals surface area contributed by atoms with Crippen LogP contribution in [0.1, 0.15) is 26.7 Å². The van der Waals surface area contributed by atoms with Crippen molar-refractivity contribution in [1.82, 2.24) is 5.32 Å². The SMILES string of the molecule is CC[C@H](C)CC1NC(=O)CS1. The molecule has 1 heterocycles. The molecule has 0 aromatic carbocycles. The van der Waals surface area contributed by atoms with Crippen molar-refractivity contribution in [2.75, 3.05) is 5.75 Å². The van der Waals surface area contributed by atoms with Gasteiger partial charge < -0.3 is 5.32 Å². The number of carbonyl (C=O) groups excluding carboxylic acids is 1. The van der Waals surface area contributed by atoms with E-state index in [2.05, 4.69) is 19.2 Å². The molecule has 0 aliphatic carbocycles. The summed E-state index contributed by atoms with van der Waals surface area (Å²) in [6.07, 6.45) is 2.32. The van der Waals surface area contributed by atoms with Gasteiger partial charge in [0, 0.05) is 0 Å². The maximum absolute atomic E-state index is 10.8. The summed E-state index contributed by atoms with van der Waals surface area (Å²) in [5, 5.41) is 3.33. The number of nitrogens with one attached hydrogen (secondary N) is 1. The number of carbonyl (C=O) groups is 1. The molecule has 2 atom stereocenters. The van der Waals surface area contributed by atoms with Crippen molar-refractivity contribution in [3.63, 3.8) is 0 Å². The van der Waals surface area contributed by atoms with Gasteiger partial charge in [0.05, 0.1) is 11.1 Å². The first-order valence-electron chi connectivity index (χ1n) is 4.13. The highest BCUT2D eigenvalue weighted by atomic mass is 32.2. The lowest BCUT2D eigenvalue weighted by atomic mass is 10.1. The molecule has 1 saturated heterocycles. The number of rotatable bonds is 3. The topological polar surface area (TPSA) is 29.1 Å². The van der Waals surface area contributed by atoms with E-state index in [1.54, 1.807) is 11.8 Å². The summed E-state index contributed by atoms with van der Waals surface area (Å²) in [7, 11) is 0. The highest BCUT2D eigenvalue weighted by Crippen LogP contribution is 2.22. The Hall–Kier alpha value is -0.180. The Morgan fingerprint density at radius 2 is 2.55 bits per heavy atom. The fraction of sp³-hybridized carbons (Fsp3) is 0.875. The molecule has 1 N–H and O–H groups in total. The smallest absolute Gasteiger partial charge is 0.230 e. The minimum Gasteiger partial charge on any atom is -0.344 e. The minimum absolute atomic E-state index is 0.198. The van der Waals surface area contributed by atoms with Crippen LogP contribution < -0.4 is 5.32 Å². The van der Waals surface area contributed by atoms with E-state index in [4.69, 9.17) is 0 Å². The van der Waals surface area contributed by atoms with Crippen LogP contribution in [0.15, 0.2) is 0 Å². The van der Waals surface area contributed by atoms with Gasteiger partial charge in [0.15, 0.2) is 0 Å². The molecule has 0 bridgehead atoms. The van der Waals surface area contributed by atoms with E-state index in [0.717, 1.165) is 12.3 Å². The standard InChI is InChI=1S/C8H15NOS/c1-3-6(2)4-8-9-7(10)5-11-8/h6,8H,3-5H2,1-2H3,(H,9,10)/t6-,8?/m0/s1. The number of amides is 1. The van der Waals surface area contributed by atoms with Gasteiger partial charge in [0.25, 0.3) is 0 Å². The van der Waals surface area contributed by atoms with Crippen LogP contribution in [-0.4, -0.2) is 17.0 Å². The van der Waals surface area contributed by atoms with Crippen molar-refractivity contribution in [3.05, 3.63) is 0 Å². The zero-order valence-electron chi connectivity index (χ0n) is 7.09. The van der Waals surface area contributed by atoms with Gasteiger partial charge in [-0.05, 0) is 12.3 Å². The summed E-state index contributed by atoms with van der Waals surface area (Å²) in [5.74, 6) is 1.58. The molecule has 11 heavy (non-hydrogen) atoms. The Labute approximate surface area is 72.1 Å². The zero-order valence-corrected chi connectivity index (χ0v) is 7.91. The Kier molecular flexibility index (Phi) is 3.24. The molecule has 0 radical (unpaired) electrons. The van der Waals surface area contributed by atoms with Crippen molar-refractivity contribution in [3.8, 4) is 0 Å². The molecule has 0 saturated carbocycles. The van der Waals surface area contributed by atoms with E-state index in [9.17, 15) is 4.79 Å². The van der Waals surface area contributed by atoms with E-state index in [0.29, 0.717) is 11.1 Å². The third-order valence-corrected chi connectivity index (χ3v) is 3.19. The quantitative estimate of drug-likeness (QED) is 0.702. The summed E-state index contributed by atoms with van der Waals surface area (Å²) in [4.78, 5) is 10.8. The van der Waals surface area contributed by atoms with Crippen LogP contribution in [0.3, 0.4) is 0 Å². The third-order valence-electron chi connectivity index (χ3n) is 2.05. The Balaban J connectivity index is 2.22. The molecule has 3 heteroatoms. The molecule has 1 fully saturated rings. The van der Waals surface area contributed by atoms with E-state index >= 15 is 0 Å². The minimum atomic E-state index is 0.198. The van der Waals surface area contributed by atoms with Crippen LogP contribution in [-0.2, 0) is 4.79 Å². The molecule has 0 aromatic rings. The molecule has 1 amide bonds. The highest BCUT2D eigenvalue weighted by Gasteiger charge is 2.22. The van der Waals surface area contributed by atoms with Crippen LogP contribution in [0, 0.1) is 5.92 Å². The fourth-order valence-electron chi connectivity index (χ4n) is 1.10. The predicted octanol–water partition coefficient (Wildman–Crippen LogP) is 1.61. The fourth-order valence-corrected chi connectivity index (χ4v) is 2.21. The van der Waals surface area contributed by atoms with Gasteiger partial charge in [-0.15, -0.1) is 11.8 Å². The second kappa shape index (κ2) is 4.00. The lowest BCUT2D eigenvalue weighted by Crippen LogP contribution is -2.26. The van der Waals surface area contributed by atoms with E-state index in [-0.39, 0.29) is 5.91 Å². The van der Waals surface area contributed by atoms with Gasteiger partial charge in [-0.3, -0.25) is 4.79 Å². The largest absolute Gasteiger partial charge is 0.344 e. The van der Waals surface area contributed by atoms with Crippen molar-refractivity contribution in [1.29, 1.82) is 0 Å². The van der Waals surface area contributed by atoms with Crippen LogP contribution in [0.5, 0.6) is 0 Å². The molecule has 0 spiro atoms. The molecule has 1 rings (SSSR count). The molecule has 0 aromatic heterocycles. The van der Waals surface area contributed by atoms with Gasteiger partial charge in [0.1, 0.15) is 0 Å². The lowest BCUT2D eigenvalue weighted by Gasteiger charge is -2.13. The predicted molar refractivity (Wildman–Crippen MR) is 48.5 cm³/mol. The van der Waals surface area contributed by atoms with Crippen LogP contribution in [0.25, 0.3) is 0 Å². The number of hydrogen-bond donors (Lipinski definition) is 1. The van der Waals surface area contributed by atoms with Crippen molar-refractivity contribution in [2.45, 2.75) is 32.1 Å². The average Bonchev–Trinajstić information content (AvgIpc) is 2.35. The van der Waals surface area contributed by atoms with Crippen molar-refractivity contribution in [2.24, 2.45) is 5.92 Å². The first kappa shape index (κ1) is 8.91. The maximum atomic E-state index is 10.8. The van der Waals surface area contributed by atoms with Gasteiger partial charge in [-0.25, -0.2) is 0 Å².